The lowest BCUT2D eigenvalue weighted by Crippen LogP contribution is -2.44. The van der Waals surface area contributed by atoms with Crippen LogP contribution in [0.2, 0.25) is 0 Å². The third kappa shape index (κ3) is 5.92. The lowest BCUT2D eigenvalue weighted by atomic mass is 10.0. The van der Waals surface area contributed by atoms with Gasteiger partial charge in [-0.25, -0.2) is 4.98 Å². The molecule has 1 aliphatic rings. The minimum Gasteiger partial charge on any atom is -0.480 e. The highest BCUT2D eigenvalue weighted by Crippen LogP contribution is 2.28. The zero-order valence-corrected chi connectivity index (χ0v) is 21.0. The summed E-state index contributed by atoms with van der Waals surface area (Å²) < 4.78 is 9.47. The molecule has 0 bridgehead atoms. The summed E-state index contributed by atoms with van der Waals surface area (Å²) in [5, 5.41) is 22.0. The van der Waals surface area contributed by atoms with Crippen molar-refractivity contribution < 1.29 is 19.7 Å². The Labute approximate surface area is 210 Å². The Morgan fingerprint density at radius 3 is 2.74 bits per heavy atom. The van der Waals surface area contributed by atoms with E-state index in [1.807, 2.05) is 30.5 Å². The quantitative estimate of drug-likeness (QED) is 0.431. The number of aliphatic carboxylic acids is 1. The second-order valence-corrected chi connectivity index (χ2v) is 9.22. The first kappa shape index (κ1) is 26.9. The number of aliphatic hydroxyl groups is 1. The average Bonchev–Trinajstić information content (AvgIpc) is 3.15. The van der Waals surface area contributed by atoms with Crippen LogP contribution in [-0.4, -0.2) is 55.7 Å². The van der Waals surface area contributed by atoms with Crippen LogP contribution in [-0.2, 0) is 29.7 Å². The summed E-state index contributed by atoms with van der Waals surface area (Å²) in [5.41, 5.74) is 4.15. The SMILES string of the molecule is Cc1cc(-c2nc3ccc(CN[C@H](C(=O)O)[C@@H](C)O)cc3n2CC2CCCOC2)cn(C)c1=O.Cl. The first-order chi connectivity index (χ1) is 16.2. The van der Waals surface area contributed by atoms with Crippen molar-refractivity contribution in [2.45, 2.75) is 51.9 Å². The molecular formula is C25H33ClN4O5. The molecule has 35 heavy (non-hydrogen) atoms. The number of carbonyl (C=O) groups is 1. The molecule has 9 nitrogen and oxygen atoms in total. The van der Waals surface area contributed by atoms with Crippen LogP contribution >= 0.6 is 12.4 Å². The molecule has 0 amide bonds. The minimum absolute atomic E-state index is 0. The molecule has 1 unspecified atom stereocenters. The van der Waals surface area contributed by atoms with E-state index in [2.05, 4.69) is 9.88 Å². The summed E-state index contributed by atoms with van der Waals surface area (Å²) in [6.45, 7) is 5.77. The molecule has 0 spiro atoms. The van der Waals surface area contributed by atoms with E-state index in [0.717, 1.165) is 54.0 Å². The van der Waals surface area contributed by atoms with Crippen molar-refractivity contribution in [1.82, 2.24) is 19.4 Å². The molecule has 0 radical (unpaired) electrons. The van der Waals surface area contributed by atoms with E-state index in [9.17, 15) is 19.8 Å². The Morgan fingerprint density at radius 2 is 2.11 bits per heavy atom. The van der Waals surface area contributed by atoms with Gasteiger partial charge in [-0.3, -0.25) is 14.9 Å². The number of aryl methyl sites for hydroxylation is 2. The minimum atomic E-state index is -1.09. The first-order valence-electron chi connectivity index (χ1n) is 11.6. The number of aromatic nitrogens is 3. The van der Waals surface area contributed by atoms with Gasteiger partial charge in [-0.1, -0.05) is 6.07 Å². The number of ether oxygens (including phenoxy) is 1. The van der Waals surface area contributed by atoms with Gasteiger partial charge in [-0.05, 0) is 50.5 Å². The number of pyridine rings is 1. The van der Waals surface area contributed by atoms with Crippen LogP contribution in [0, 0.1) is 12.8 Å². The van der Waals surface area contributed by atoms with Gasteiger partial charge in [-0.2, -0.15) is 0 Å². The molecule has 3 atom stereocenters. The van der Waals surface area contributed by atoms with Crippen LogP contribution in [0.5, 0.6) is 0 Å². The Bertz CT molecular complexity index is 1220. The molecule has 0 aliphatic carbocycles. The number of nitrogens with zero attached hydrogens (tertiary/aromatic N) is 3. The van der Waals surface area contributed by atoms with Crippen LogP contribution in [0.4, 0.5) is 0 Å². The van der Waals surface area contributed by atoms with E-state index in [1.54, 1.807) is 18.5 Å². The summed E-state index contributed by atoms with van der Waals surface area (Å²) in [6, 6.07) is 6.67. The summed E-state index contributed by atoms with van der Waals surface area (Å²) in [6.07, 6.45) is 2.89. The smallest absolute Gasteiger partial charge is 0.323 e. The Kier molecular flexibility index (Phi) is 8.71. The summed E-state index contributed by atoms with van der Waals surface area (Å²) >= 11 is 0. The largest absolute Gasteiger partial charge is 0.480 e. The molecule has 1 fully saturated rings. The van der Waals surface area contributed by atoms with Gasteiger partial charge in [0, 0.05) is 50.0 Å². The van der Waals surface area contributed by atoms with Gasteiger partial charge in [0.2, 0.25) is 0 Å². The molecule has 1 aromatic carbocycles. The molecule has 1 aliphatic heterocycles. The average molecular weight is 505 g/mol. The van der Waals surface area contributed by atoms with E-state index < -0.39 is 18.1 Å². The standard InChI is InChI=1S/C25H32N4O5.ClH/c1-15-9-19(13-28(3)24(15)31)23-27-20-7-6-17(11-26-22(16(2)30)25(32)33)10-21(20)29(23)12-18-5-4-8-34-14-18;/h6-7,9-10,13,16,18,22,26,30H,4-5,8,11-12,14H2,1-3H3,(H,32,33);1H/t16-,18?,22+;/m1./s1. The van der Waals surface area contributed by atoms with Gasteiger partial charge in [0.05, 0.1) is 23.7 Å². The second kappa shape index (κ2) is 11.3. The fourth-order valence-electron chi connectivity index (χ4n) is 4.59. The van der Waals surface area contributed by atoms with Gasteiger partial charge in [-0.15, -0.1) is 12.4 Å². The maximum atomic E-state index is 12.2. The van der Waals surface area contributed by atoms with Crippen molar-refractivity contribution in [2.75, 3.05) is 13.2 Å². The van der Waals surface area contributed by atoms with Crippen molar-refractivity contribution in [3.05, 3.63) is 51.9 Å². The molecule has 190 valence electrons. The Balaban J connectivity index is 0.00000342. The number of fused-ring (bicyclic) bond motifs is 1. The predicted octanol–water partition coefficient (Wildman–Crippen LogP) is 2.48. The number of carboxylic acid groups (broad SMARTS) is 1. The number of hydrogen-bond donors (Lipinski definition) is 3. The van der Waals surface area contributed by atoms with E-state index in [0.29, 0.717) is 24.6 Å². The Hall–Kier alpha value is -2.72. The van der Waals surface area contributed by atoms with E-state index in [4.69, 9.17) is 9.72 Å². The Morgan fingerprint density at radius 1 is 1.34 bits per heavy atom. The maximum absolute atomic E-state index is 12.2. The van der Waals surface area contributed by atoms with Crippen molar-refractivity contribution in [2.24, 2.45) is 13.0 Å². The van der Waals surface area contributed by atoms with Crippen molar-refractivity contribution >= 4 is 29.4 Å². The van der Waals surface area contributed by atoms with Crippen molar-refractivity contribution in [1.29, 1.82) is 0 Å². The van der Waals surface area contributed by atoms with E-state index in [-0.39, 0.29) is 18.0 Å². The molecule has 2 aromatic heterocycles. The molecule has 10 heteroatoms. The maximum Gasteiger partial charge on any atom is 0.323 e. The van der Waals surface area contributed by atoms with Gasteiger partial charge >= 0.3 is 5.97 Å². The monoisotopic (exact) mass is 504 g/mol. The number of carboxylic acids is 1. The second-order valence-electron chi connectivity index (χ2n) is 9.22. The zero-order valence-electron chi connectivity index (χ0n) is 20.2. The highest BCUT2D eigenvalue weighted by Gasteiger charge is 2.23. The molecule has 3 heterocycles. The van der Waals surface area contributed by atoms with E-state index in [1.165, 1.54) is 6.92 Å². The molecule has 1 saturated heterocycles. The summed E-state index contributed by atoms with van der Waals surface area (Å²) in [5.74, 6) is 0.0504. The topological polar surface area (TPSA) is 119 Å². The van der Waals surface area contributed by atoms with Gasteiger partial charge in [0.25, 0.3) is 5.56 Å². The third-order valence-corrected chi connectivity index (χ3v) is 6.40. The highest BCUT2D eigenvalue weighted by atomic mass is 35.5. The third-order valence-electron chi connectivity index (χ3n) is 6.40. The number of hydrogen-bond acceptors (Lipinski definition) is 6. The van der Waals surface area contributed by atoms with E-state index >= 15 is 0 Å². The molecule has 4 rings (SSSR count). The number of imidazole rings is 1. The summed E-state index contributed by atoms with van der Waals surface area (Å²) in [7, 11) is 1.74. The van der Waals surface area contributed by atoms with Gasteiger partial charge in [0.15, 0.2) is 0 Å². The number of benzene rings is 1. The molecule has 3 N–H and O–H groups in total. The van der Waals surface area contributed by atoms with Crippen LogP contribution < -0.4 is 10.9 Å². The summed E-state index contributed by atoms with van der Waals surface area (Å²) in [4.78, 5) is 28.6. The van der Waals surface area contributed by atoms with Crippen LogP contribution in [0.3, 0.4) is 0 Å². The fourth-order valence-corrected chi connectivity index (χ4v) is 4.59. The molecular weight excluding hydrogens is 472 g/mol. The van der Waals surface area contributed by atoms with Crippen molar-refractivity contribution in [3.8, 4) is 11.4 Å². The fraction of sp³-hybridized carbons (Fsp3) is 0.480. The van der Waals surface area contributed by atoms with Gasteiger partial charge in [0.1, 0.15) is 11.9 Å². The van der Waals surface area contributed by atoms with Crippen LogP contribution in [0.1, 0.15) is 30.9 Å². The zero-order chi connectivity index (χ0) is 24.4. The van der Waals surface area contributed by atoms with Gasteiger partial charge < -0.3 is 24.1 Å². The molecule has 0 saturated carbocycles. The normalized spacial score (nSPS) is 17.7. The predicted molar refractivity (Wildman–Crippen MR) is 136 cm³/mol. The lowest BCUT2D eigenvalue weighted by molar-refractivity contribution is -0.142. The highest BCUT2D eigenvalue weighted by molar-refractivity contribution is 5.85. The van der Waals surface area contributed by atoms with Crippen molar-refractivity contribution in [3.63, 3.8) is 0 Å². The molecule has 3 aromatic rings. The van der Waals surface area contributed by atoms with Crippen LogP contribution in [0.15, 0.2) is 35.3 Å². The lowest BCUT2D eigenvalue weighted by Gasteiger charge is -2.24. The number of rotatable bonds is 8. The number of nitrogens with one attached hydrogen (secondary N) is 1. The first-order valence-corrected chi connectivity index (χ1v) is 11.6. The number of halogens is 1. The number of aliphatic hydroxyl groups excluding tert-OH is 1. The van der Waals surface area contributed by atoms with Crippen LogP contribution in [0.25, 0.3) is 22.4 Å².